The summed E-state index contributed by atoms with van der Waals surface area (Å²) >= 11 is 0. The van der Waals surface area contributed by atoms with E-state index < -0.39 is 0 Å². The quantitative estimate of drug-likeness (QED) is 0.739. The molecule has 3 aromatic rings. The molecule has 0 spiro atoms. The number of urea groups is 1. The van der Waals surface area contributed by atoms with Gasteiger partial charge in [-0.15, -0.1) is 5.10 Å². The van der Waals surface area contributed by atoms with Gasteiger partial charge < -0.3 is 10.2 Å². The van der Waals surface area contributed by atoms with Crippen molar-refractivity contribution in [3.8, 4) is 5.69 Å². The van der Waals surface area contributed by atoms with Gasteiger partial charge in [0.15, 0.2) is 5.82 Å². The van der Waals surface area contributed by atoms with Crippen molar-refractivity contribution in [3.05, 3.63) is 66.0 Å². The number of benzene rings is 2. The summed E-state index contributed by atoms with van der Waals surface area (Å²) in [6, 6.07) is 17.3. The van der Waals surface area contributed by atoms with Gasteiger partial charge in [0.1, 0.15) is 0 Å². The molecule has 134 valence electrons. The standard InChI is InChI=1S/C19H22N6O/c1-3-12-24(14-16-8-5-4-6-9-16)19(26)20-17-10-7-11-18(13-17)25-15(2)21-22-23-25/h4-11,13H,3,12,14H2,1-2H3,(H,20,26). The van der Waals surface area contributed by atoms with E-state index in [9.17, 15) is 4.79 Å². The second kappa shape index (κ2) is 8.24. The third-order valence-electron chi connectivity index (χ3n) is 3.96. The number of carbonyl (C=O) groups is 1. The minimum absolute atomic E-state index is 0.124. The van der Waals surface area contributed by atoms with E-state index >= 15 is 0 Å². The molecule has 3 rings (SSSR count). The molecule has 1 aromatic heterocycles. The molecular formula is C19H22N6O. The van der Waals surface area contributed by atoms with Crippen molar-refractivity contribution in [1.82, 2.24) is 25.1 Å². The summed E-state index contributed by atoms with van der Waals surface area (Å²) < 4.78 is 1.63. The van der Waals surface area contributed by atoms with Gasteiger partial charge in [-0.05, 0) is 47.5 Å². The van der Waals surface area contributed by atoms with Crippen LogP contribution in [-0.4, -0.2) is 37.7 Å². The molecule has 0 saturated carbocycles. The summed E-state index contributed by atoms with van der Waals surface area (Å²) in [4.78, 5) is 14.5. The first-order chi connectivity index (χ1) is 12.7. The molecule has 2 aromatic carbocycles. The predicted molar refractivity (Wildman–Crippen MR) is 100 cm³/mol. The summed E-state index contributed by atoms with van der Waals surface area (Å²) in [5.41, 5.74) is 2.61. The van der Waals surface area contributed by atoms with E-state index in [2.05, 4.69) is 27.8 Å². The molecule has 7 nitrogen and oxygen atoms in total. The summed E-state index contributed by atoms with van der Waals surface area (Å²) in [6.07, 6.45) is 0.893. The van der Waals surface area contributed by atoms with Gasteiger partial charge in [0.2, 0.25) is 0 Å². The summed E-state index contributed by atoms with van der Waals surface area (Å²) in [7, 11) is 0. The van der Waals surface area contributed by atoms with Crippen LogP contribution in [0.15, 0.2) is 54.6 Å². The number of carbonyl (C=O) groups excluding carboxylic acids is 1. The molecule has 0 bridgehead atoms. The largest absolute Gasteiger partial charge is 0.322 e. The van der Waals surface area contributed by atoms with Crippen molar-refractivity contribution < 1.29 is 4.79 Å². The number of anilines is 1. The van der Waals surface area contributed by atoms with Crippen molar-refractivity contribution in [3.63, 3.8) is 0 Å². The van der Waals surface area contributed by atoms with E-state index in [0.29, 0.717) is 24.6 Å². The van der Waals surface area contributed by atoms with Crippen molar-refractivity contribution in [2.45, 2.75) is 26.8 Å². The lowest BCUT2D eigenvalue weighted by molar-refractivity contribution is 0.209. The molecule has 0 unspecified atom stereocenters. The zero-order valence-corrected chi connectivity index (χ0v) is 15.0. The summed E-state index contributed by atoms with van der Waals surface area (Å²) in [5, 5.41) is 14.5. The molecule has 1 N–H and O–H groups in total. The van der Waals surface area contributed by atoms with Crippen LogP contribution in [-0.2, 0) is 6.54 Å². The highest BCUT2D eigenvalue weighted by molar-refractivity contribution is 5.89. The second-order valence-electron chi connectivity index (χ2n) is 6.03. The summed E-state index contributed by atoms with van der Waals surface area (Å²) in [5.74, 6) is 0.685. The maximum Gasteiger partial charge on any atom is 0.322 e. The molecule has 1 heterocycles. The Labute approximate surface area is 152 Å². The Balaban J connectivity index is 1.74. The van der Waals surface area contributed by atoms with E-state index in [1.165, 1.54) is 0 Å². The number of aryl methyl sites for hydroxylation is 1. The molecule has 0 aliphatic rings. The van der Waals surface area contributed by atoms with Crippen LogP contribution in [0.4, 0.5) is 10.5 Å². The Morgan fingerprint density at radius 1 is 1.15 bits per heavy atom. The number of hydrogen-bond donors (Lipinski definition) is 1. The van der Waals surface area contributed by atoms with Crippen LogP contribution in [0.2, 0.25) is 0 Å². The van der Waals surface area contributed by atoms with Crippen LogP contribution in [0.25, 0.3) is 5.69 Å². The number of nitrogens with one attached hydrogen (secondary N) is 1. The van der Waals surface area contributed by atoms with Gasteiger partial charge in [-0.3, -0.25) is 0 Å². The molecule has 0 atom stereocenters. The highest BCUT2D eigenvalue weighted by atomic mass is 16.2. The molecule has 2 amide bonds. The molecule has 0 aliphatic carbocycles. The lowest BCUT2D eigenvalue weighted by Gasteiger charge is -2.23. The highest BCUT2D eigenvalue weighted by Gasteiger charge is 2.14. The zero-order chi connectivity index (χ0) is 18.4. The lowest BCUT2D eigenvalue weighted by Crippen LogP contribution is -2.35. The van der Waals surface area contributed by atoms with Gasteiger partial charge in [-0.2, -0.15) is 4.68 Å². The van der Waals surface area contributed by atoms with Gasteiger partial charge in [-0.25, -0.2) is 4.79 Å². The molecule has 0 aliphatic heterocycles. The van der Waals surface area contributed by atoms with Gasteiger partial charge in [0.05, 0.1) is 5.69 Å². The van der Waals surface area contributed by atoms with Gasteiger partial charge >= 0.3 is 6.03 Å². The number of hydrogen-bond acceptors (Lipinski definition) is 4. The van der Waals surface area contributed by atoms with Gasteiger partial charge in [0, 0.05) is 18.8 Å². The van der Waals surface area contributed by atoms with Gasteiger partial charge in [0.25, 0.3) is 0 Å². The minimum atomic E-state index is -0.124. The normalized spacial score (nSPS) is 10.5. The van der Waals surface area contributed by atoms with Crippen molar-refractivity contribution in [2.75, 3.05) is 11.9 Å². The SMILES string of the molecule is CCCN(Cc1ccccc1)C(=O)Nc1cccc(-n2nnnc2C)c1. The average Bonchev–Trinajstić information content (AvgIpc) is 3.08. The van der Waals surface area contributed by atoms with Crippen LogP contribution in [0, 0.1) is 6.92 Å². The number of rotatable bonds is 6. The maximum atomic E-state index is 12.7. The molecular weight excluding hydrogens is 328 g/mol. The van der Waals surface area contributed by atoms with E-state index in [0.717, 1.165) is 17.7 Å². The molecule has 0 fully saturated rings. The number of aromatic nitrogens is 4. The molecule has 0 radical (unpaired) electrons. The first-order valence-corrected chi connectivity index (χ1v) is 8.62. The van der Waals surface area contributed by atoms with Crippen LogP contribution in [0.5, 0.6) is 0 Å². The third kappa shape index (κ3) is 4.24. The molecule has 26 heavy (non-hydrogen) atoms. The monoisotopic (exact) mass is 350 g/mol. The maximum absolute atomic E-state index is 12.7. The van der Waals surface area contributed by atoms with Gasteiger partial charge in [-0.1, -0.05) is 43.3 Å². The van der Waals surface area contributed by atoms with Crippen molar-refractivity contribution in [2.24, 2.45) is 0 Å². The van der Waals surface area contributed by atoms with E-state index in [1.54, 1.807) is 4.68 Å². The van der Waals surface area contributed by atoms with Crippen molar-refractivity contribution in [1.29, 1.82) is 0 Å². The van der Waals surface area contributed by atoms with Crippen LogP contribution in [0.3, 0.4) is 0 Å². The number of amides is 2. The topological polar surface area (TPSA) is 75.9 Å². The Hall–Kier alpha value is -3.22. The third-order valence-corrected chi connectivity index (χ3v) is 3.96. The Kier molecular flexibility index (Phi) is 5.58. The van der Waals surface area contributed by atoms with Crippen LogP contribution < -0.4 is 5.32 Å². The molecule has 7 heteroatoms. The van der Waals surface area contributed by atoms with Crippen LogP contribution in [0.1, 0.15) is 24.7 Å². The fourth-order valence-electron chi connectivity index (χ4n) is 2.71. The van der Waals surface area contributed by atoms with E-state index in [1.807, 2.05) is 66.4 Å². The first-order valence-electron chi connectivity index (χ1n) is 8.62. The predicted octanol–water partition coefficient (Wildman–Crippen LogP) is 3.41. The number of nitrogens with zero attached hydrogens (tertiary/aromatic N) is 5. The smallest absolute Gasteiger partial charge is 0.320 e. The highest BCUT2D eigenvalue weighted by Crippen LogP contribution is 2.16. The average molecular weight is 350 g/mol. The fraction of sp³-hybridized carbons (Fsp3) is 0.263. The Morgan fingerprint density at radius 3 is 2.65 bits per heavy atom. The first kappa shape index (κ1) is 17.6. The van der Waals surface area contributed by atoms with Crippen molar-refractivity contribution >= 4 is 11.7 Å². The fourth-order valence-corrected chi connectivity index (χ4v) is 2.71. The van der Waals surface area contributed by atoms with E-state index in [-0.39, 0.29) is 6.03 Å². The van der Waals surface area contributed by atoms with Crippen LogP contribution >= 0.6 is 0 Å². The minimum Gasteiger partial charge on any atom is -0.320 e. The Bertz CT molecular complexity index is 861. The Morgan fingerprint density at radius 2 is 1.96 bits per heavy atom. The molecule has 0 saturated heterocycles. The second-order valence-corrected chi connectivity index (χ2v) is 6.03. The summed E-state index contributed by atoms with van der Waals surface area (Å²) in [6.45, 7) is 5.15. The lowest BCUT2D eigenvalue weighted by atomic mass is 10.2. The van der Waals surface area contributed by atoms with E-state index in [4.69, 9.17) is 0 Å². The number of tetrazole rings is 1. The zero-order valence-electron chi connectivity index (χ0n) is 15.0.